The second-order valence-corrected chi connectivity index (χ2v) is 6.23. The number of aryl methyl sites for hydroxylation is 2. The van der Waals surface area contributed by atoms with Crippen LogP contribution in [0.1, 0.15) is 24.0 Å². The van der Waals surface area contributed by atoms with Gasteiger partial charge >= 0.3 is 0 Å². The van der Waals surface area contributed by atoms with Crippen LogP contribution in [-0.2, 0) is 16.0 Å². The first-order chi connectivity index (χ1) is 12.6. The standard InChI is InChI=1S/C20H22N2O4/c1-14-5-7-15(8-6-14)3-2-4-19(23)21-12-20(24)22-16-9-10-17-18(11-16)26-13-25-17/h5-11H,2-4,12-13H2,1H3,(H,21,23)(H,22,24). The number of nitrogens with one attached hydrogen (secondary N) is 2. The molecule has 0 saturated heterocycles. The summed E-state index contributed by atoms with van der Waals surface area (Å²) in [6, 6.07) is 13.4. The summed E-state index contributed by atoms with van der Waals surface area (Å²) >= 11 is 0. The number of anilines is 1. The lowest BCUT2D eigenvalue weighted by molar-refractivity contribution is -0.124. The molecule has 0 saturated carbocycles. The Kier molecular flexibility index (Phi) is 5.73. The Balaban J connectivity index is 1.36. The molecule has 6 heteroatoms. The molecule has 26 heavy (non-hydrogen) atoms. The van der Waals surface area contributed by atoms with Crippen LogP contribution in [0.25, 0.3) is 0 Å². The van der Waals surface area contributed by atoms with Crippen LogP contribution < -0.4 is 20.1 Å². The zero-order chi connectivity index (χ0) is 18.4. The number of ether oxygens (including phenoxy) is 2. The highest BCUT2D eigenvalue weighted by molar-refractivity contribution is 5.94. The predicted octanol–water partition coefficient (Wildman–Crippen LogP) is 2.80. The Morgan fingerprint density at radius 1 is 1.00 bits per heavy atom. The molecule has 0 radical (unpaired) electrons. The summed E-state index contributed by atoms with van der Waals surface area (Å²) in [6.45, 7) is 2.18. The van der Waals surface area contributed by atoms with Crippen LogP contribution >= 0.6 is 0 Å². The van der Waals surface area contributed by atoms with Gasteiger partial charge in [0, 0.05) is 18.2 Å². The van der Waals surface area contributed by atoms with Gasteiger partial charge in [0.05, 0.1) is 6.54 Å². The second kappa shape index (κ2) is 8.38. The van der Waals surface area contributed by atoms with Gasteiger partial charge in [-0.3, -0.25) is 9.59 Å². The minimum Gasteiger partial charge on any atom is -0.454 e. The van der Waals surface area contributed by atoms with Crippen LogP contribution in [0, 0.1) is 6.92 Å². The van der Waals surface area contributed by atoms with E-state index < -0.39 is 0 Å². The topological polar surface area (TPSA) is 76.7 Å². The molecule has 2 aromatic carbocycles. The zero-order valence-corrected chi connectivity index (χ0v) is 14.7. The highest BCUT2D eigenvalue weighted by atomic mass is 16.7. The lowest BCUT2D eigenvalue weighted by Crippen LogP contribution is -2.32. The maximum absolute atomic E-state index is 11.9. The molecular weight excluding hydrogens is 332 g/mol. The Hall–Kier alpha value is -3.02. The molecule has 0 spiro atoms. The maximum Gasteiger partial charge on any atom is 0.243 e. The molecule has 1 aliphatic heterocycles. The van der Waals surface area contributed by atoms with Gasteiger partial charge in [0.25, 0.3) is 0 Å². The molecule has 1 heterocycles. The van der Waals surface area contributed by atoms with Crippen molar-refractivity contribution in [2.24, 2.45) is 0 Å². The smallest absolute Gasteiger partial charge is 0.243 e. The van der Waals surface area contributed by atoms with Gasteiger partial charge in [-0.2, -0.15) is 0 Å². The van der Waals surface area contributed by atoms with Crippen molar-refractivity contribution in [1.82, 2.24) is 5.32 Å². The Bertz CT molecular complexity index is 787. The second-order valence-electron chi connectivity index (χ2n) is 6.23. The van der Waals surface area contributed by atoms with E-state index in [2.05, 4.69) is 34.9 Å². The van der Waals surface area contributed by atoms with E-state index in [0.717, 1.165) is 12.8 Å². The number of carbonyl (C=O) groups excluding carboxylic acids is 2. The summed E-state index contributed by atoms with van der Waals surface area (Å²) in [5.74, 6) is 0.849. The first-order valence-electron chi connectivity index (χ1n) is 8.62. The van der Waals surface area contributed by atoms with Crippen molar-refractivity contribution < 1.29 is 19.1 Å². The molecule has 0 atom stereocenters. The molecule has 1 aliphatic rings. The normalized spacial score (nSPS) is 11.9. The van der Waals surface area contributed by atoms with E-state index >= 15 is 0 Å². The van der Waals surface area contributed by atoms with Gasteiger partial charge in [-0.05, 0) is 37.5 Å². The van der Waals surface area contributed by atoms with Gasteiger partial charge in [-0.1, -0.05) is 29.8 Å². The van der Waals surface area contributed by atoms with E-state index in [9.17, 15) is 9.59 Å². The molecular formula is C20H22N2O4. The Morgan fingerprint density at radius 3 is 2.58 bits per heavy atom. The molecule has 0 bridgehead atoms. The Morgan fingerprint density at radius 2 is 1.77 bits per heavy atom. The molecule has 2 aromatic rings. The third-order valence-electron chi connectivity index (χ3n) is 4.09. The summed E-state index contributed by atoms with van der Waals surface area (Å²) in [6.07, 6.45) is 1.99. The monoisotopic (exact) mass is 354 g/mol. The molecule has 0 aromatic heterocycles. The van der Waals surface area contributed by atoms with E-state index in [0.29, 0.717) is 23.6 Å². The number of rotatable bonds is 7. The molecule has 6 nitrogen and oxygen atoms in total. The van der Waals surface area contributed by atoms with Gasteiger partial charge < -0.3 is 20.1 Å². The van der Waals surface area contributed by atoms with E-state index in [4.69, 9.17) is 9.47 Å². The van der Waals surface area contributed by atoms with Gasteiger partial charge in [-0.25, -0.2) is 0 Å². The van der Waals surface area contributed by atoms with Crippen LogP contribution in [-0.4, -0.2) is 25.2 Å². The highest BCUT2D eigenvalue weighted by Crippen LogP contribution is 2.34. The van der Waals surface area contributed by atoms with Crippen molar-refractivity contribution in [1.29, 1.82) is 0 Å². The van der Waals surface area contributed by atoms with Crippen molar-refractivity contribution in [3.63, 3.8) is 0 Å². The number of fused-ring (bicyclic) bond motifs is 1. The van der Waals surface area contributed by atoms with E-state index in [1.807, 2.05) is 6.92 Å². The molecule has 0 aliphatic carbocycles. The summed E-state index contributed by atoms with van der Waals surface area (Å²) in [7, 11) is 0. The summed E-state index contributed by atoms with van der Waals surface area (Å²) in [5.41, 5.74) is 3.04. The fourth-order valence-corrected chi connectivity index (χ4v) is 2.65. The van der Waals surface area contributed by atoms with Crippen LogP contribution in [0.4, 0.5) is 5.69 Å². The third-order valence-corrected chi connectivity index (χ3v) is 4.09. The summed E-state index contributed by atoms with van der Waals surface area (Å²) in [5, 5.41) is 5.37. The summed E-state index contributed by atoms with van der Waals surface area (Å²) in [4.78, 5) is 23.8. The largest absolute Gasteiger partial charge is 0.454 e. The average molecular weight is 354 g/mol. The van der Waals surface area contributed by atoms with Crippen molar-refractivity contribution in [2.45, 2.75) is 26.2 Å². The van der Waals surface area contributed by atoms with E-state index in [1.165, 1.54) is 11.1 Å². The average Bonchev–Trinajstić information content (AvgIpc) is 3.09. The van der Waals surface area contributed by atoms with Crippen molar-refractivity contribution in [2.75, 3.05) is 18.7 Å². The number of hydrogen-bond donors (Lipinski definition) is 2. The first kappa shape index (κ1) is 17.8. The van der Waals surface area contributed by atoms with Crippen LogP contribution in [0.3, 0.4) is 0 Å². The van der Waals surface area contributed by atoms with Gasteiger partial charge in [0.1, 0.15) is 0 Å². The lowest BCUT2D eigenvalue weighted by atomic mass is 10.1. The Labute approximate surface area is 152 Å². The molecule has 0 fully saturated rings. The fourth-order valence-electron chi connectivity index (χ4n) is 2.65. The van der Waals surface area contributed by atoms with Crippen molar-refractivity contribution in [3.8, 4) is 11.5 Å². The predicted molar refractivity (Wildman–Crippen MR) is 98.3 cm³/mol. The van der Waals surface area contributed by atoms with Crippen molar-refractivity contribution >= 4 is 17.5 Å². The van der Waals surface area contributed by atoms with E-state index in [-0.39, 0.29) is 25.2 Å². The number of amides is 2. The van der Waals surface area contributed by atoms with E-state index in [1.54, 1.807) is 18.2 Å². The summed E-state index contributed by atoms with van der Waals surface area (Å²) < 4.78 is 10.5. The fraction of sp³-hybridized carbons (Fsp3) is 0.300. The van der Waals surface area contributed by atoms with Gasteiger partial charge in [-0.15, -0.1) is 0 Å². The molecule has 0 unspecified atom stereocenters. The van der Waals surface area contributed by atoms with Gasteiger partial charge in [0.15, 0.2) is 11.5 Å². The van der Waals surface area contributed by atoms with Gasteiger partial charge in [0.2, 0.25) is 18.6 Å². The molecule has 2 amide bonds. The minimum absolute atomic E-state index is 0.0577. The first-order valence-corrected chi connectivity index (χ1v) is 8.62. The van der Waals surface area contributed by atoms with Crippen LogP contribution in [0.15, 0.2) is 42.5 Å². The van der Waals surface area contributed by atoms with Crippen molar-refractivity contribution in [3.05, 3.63) is 53.6 Å². The maximum atomic E-state index is 11.9. The van der Waals surface area contributed by atoms with Crippen LogP contribution in [0.5, 0.6) is 11.5 Å². The SMILES string of the molecule is Cc1ccc(CCCC(=O)NCC(=O)Nc2ccc3c(c2)OCO3)cc1. The highest BCUT2D eigenvalue weighted by Gasteiger charge is 2.14. The minimum atomic E-state index is -0.282. The number of hydrogen-bond acceptors (Lipinski definition) is 4. The third kappa shape index (κ3) is 4.99. The number of carbonyl (C=O) groups is 2. The lowest BCUT2D eigenvalue weighted by Gasteiger charge is -2.08. The zero-order valence-electron chi connectivity index (χ0n) is 14.7. The molecule has 2 N–H and O–H groups in total. The molecule has 3 rings (SSSR count). The number of benzene rings is 2. The quantitative estimate of drug-likeness (QED) is 0.802. The molecule has 136 valence electrons. The van der Waals surface area contributed by atoms with Crippen LogP contribution in [0.2, 0.25) is 0 Å².